The topological polar surface area (TPSA) is 85.3 Å². The average molecular weight is 1550 g/mol. The number of piperidine rings is 3. The first-order chi connectivity index (χ1) is 54.1. The summed E-state index contributed by atoms with van der Waals surface area (Å²) in [4.78, 5) is 25.1. The van der Waals surface area contributed by atoms with Gasteiger partial charge in [0.1, 0.15) is 11.6 Å². The molecule has 3 aromatic heterocycles. The third kappa shape index (κ3) is 39.4. The van der Waals surface area contributed by atoms with E-state index in [2.05, 4.69) is 271 Å². The summed E-state index contributed by atoms with van der Waals surface area (Å²) in [7, 11) is 0. The van der Waals surface area contributed by atoms with Gasteiger partial charge in [0, 0.05) is 94.5 Å². The van der Waals surface area contributed by atoms with Gasteiger partial charge in [0.15, 0.2) is 0 Å². The van der Waals surface area contributed by atoms with Crippen LogP contribution in [-0.4, -0.2) is 84.4 Å². The Labute approximate surface area is 699 Å². The number of pyridine rings is 2. The summed E-state index contributed by atoms with van der Waals surface area (Å²) in [6.45, 7) is 61.3. The van der Waals surface area contributed by atoms with Crippen LogP contribution in [0.1, 0.15) is 386 Å². The van der Waals surface area contributed by atoms with E-state index < -0.39 is 0 Å². The molecule has 10 aliphatic rings. The van der Waals surface area contributed by atoms with Crippen molar-refractivity contribution in [1.82, 2.24) is 30.6 Å². The van der Waals surface area contributed by atoms with E-state index in [0.29, 0.717) is 35.8 Å². The third-order valence-corrected chi connectivity index (χ3v) is 25.6. The van der Waals surface area contributed by atoms with E-state index in [1.165, 1.54) is 229 Å². The number of allylic oxidation sites excluding steroid dienone is 6. The molecule has 2 N–H and O–H groups in total. The van der Waals surface area contributed by atoms with Gasteiger partial charge in [-0.1, -0.05) is 274 Å². The number of hydrogen-bond donors (Lipinski definition) is 2. The van der Waals surface area contributed by atoms with Gasteiger partial charge < -0.3 is 25.3 Å². The van der Waals surface area contributed by atoms with Crippen molar-refractivity contribution in [2.75, 3.05) is 67.1 Å². The first-order valence-electron chi connectivity index (χ1n) is 47.5. The molecule has 4 atom stereocenters. The second-order valence-electron chi connectivity index (χ2n) is 38.8. The van der Waals surface area contributed by atoms with Gasteiger partial charge in [0.25, 0.3) is 0 Å². The first-order valence-corrected chi connectivity index (χ1v) is 47.5. The van der Waals surface area contributed by atoms with Crippen LogP contribution in [0.15, 0.2) is 107 Å². The molecular weight excluding hydrogens is 1380 g/mol. The van der Waals surface area contributed by atoms with Crippen LogP contribution >= 0.6 is 0 Å². The molecule has 3 saturated heterocycles. The monoisotopic (exact) mass is 1550 g/mol. The van der Waals surface area contributed by atoms with E-state index in [4.69, 9.17) is 0 Å². The molecule has 8 heterocycles. The molecule has 0 amide bonds. The summed E-state index contributed by atoms with van der Waals surface area (Å²) in [6.07, 6.45) is 61.1. The standard InChI is InChI=1S/C14H22N2.C14H25N.C13H20N2.C12H19N3.C11H21N.C11H18.2C10H18.C9H16/c1-11(2)13-4-5-14(15-10-13)16-8-6-12(3)7-9-16;1-11(2)13-8-9-15-14(10-13)12-6-4-3-5-7-12;1-11(2)12-6-7-13(14-10-12)15-8-4-3-5-9-15;1-10(2)11-8-13-12(14-9-11)15-6-4-3-5-7-15;1-8(2)10-5-6-12-11(7-10)9(3)4;1-10(2)8-9-11-6-4-3-5-7-11;1-8(2)10-6-4-5-9(3)7-10;1-8(2)10-7-5-4-6-9(10)3;1-8(2)9-6-4-3-5-7-9/h4-5,10-12H,6-9H2,1-3H3;10-12,14-15H,3-9H2,1-2H3;6-7,10-11H,3-5,8-9H2,1-2H3;8-10H,3-7H2,1-2H3;5,8-9,11-12H,6-7H2,1-4H3;10-11H,3-7H2,1-2H3;6,8-9H,4-5,7H2,1-3H3;7-9H,4-6H2,1-3H3;6,8H,3-5,7H2,1-2H3. The quantitative estimate of drug-likeness (QED) is 0.128. The first kappa shape index (κ1) is 98.5. The summed E-state index contributed by atoms with van der Waals surface area (Å²) in [5, 5.41) is 7.22. The lowest BCUT2D eigenvalue weighted by Crippen LogP contribution is -2.39. The number of aromatic nitrogens is 4. The second-order valence-corrected chi connectivity index (χ2v) is 38.8. The summed E-state index contributed by atoms with van der Waals surface area (Å²) < 4.78 is 0. The summed E-state index contributed by atoms with van der Waals surface area (Å²) in [5.74, 6) is 21.0. The minimum atomic E-state index is 0.514. The fourth-order valence-corrected chi connectivity index (χ4v) is 17.2. The van der Waals surface area contributed by atoms with Crippen LogP contribution in [0, 0.1) is 82.9 Å². The molecule has 0 bridgehead atoms. The Morgan fingerprint density at radius 1 is 0.381 bits per heavy atom. The predicted octanol–water partition coefficient (Wildman–Crippen LogP) is 28.5. The highest BCUT2D eigenvalue weighted by atomic mass is 15.2. The van der Waals surface area contributed by atoms with Crippen LogP contribution in [0.3, 0.4) is 0 Å². The summed E-state index contributed by atoms with van der Waals surface area (Å²) in [6, 6.07) is 10.2. The largest absolute Gasteiger partial charge is 0.357 e. The van der Waals surface area contributed by atoms with Gasteiger partial charge in [-0.3, -0.25) is 0 Å². The van der Waals surface area contributed by atoms with Crippen molar-refractivity contribution in [1.29, 1.82) is 0 Å². The molecule has 0 aromatic carbocycles. The maximum Gasteiger partial charge on any atom is 0.225 e. The molecule has 9 heteroatoms. The highest BCUT2D eigenvalue weighted by Crippen LogP contribution is 2.34. The molecule has 5 aliphatic heterocycles. The molecular formula is C104H177N9. The van der Waals surface area contributed by atoms with Crippen molar-refractivity contribution in [3.05, 3.63) is 124 Å². The van der Waals surface area contributed by atoms with Gasteiger partial charge in [0.05, 0.1) is 0 Å². The zero-order valence-electron chi connectivity index (χ0n) is 77.8. The highest BCUT2D eigenvalue weighted by Gasteiger charge is 2.26. The Morgan fingerprint density at radius 2 is 0.876 bits per heavy atom. The van der Waals surface area contributed by atoms with E-state index in [9.17, 15) is 0 Å². The van der Waals surface area contributed by atoms with Crippen molar-refractivity contribution in [2.45, 2.75) is 382 Å². The van der Waals surface area contributed by atoms with Gasteiger partial charge in [-0.05, 0) is 266 Å². The van der Waals surface area contributed by atoms with Crippen molar-refractivity contribution in [3.8, 4) is 11.8 Å². The van der Waals surface area contributed by atoms with Crippen molar-refractivity contribution in [2.24, 2.45) is 71.0 Å². The number of nitrogens with zero attached hydrogens (tertiary/aromatic N) is 7. The molecule has 9 nitrogen and oxygen atoms in total. The number of rotatable bonds is 13. The van der Waals surface area contributed by atoms with Crippen molar-refractivity contribution < 1.29 is 0 Å². The van der Waals surface area contributed by atoms with Crippen LogP contribution in [0.5, 0.6) is 0 Å². The van der Waals surface area contributed by atoms with E-state index in [1.54, 1.807) is 27.9 Å². The zero-order chi connectivity index (χ0) is 82.6. The summed E-state index contributed by atoms with van der Waals surface area (Å²) in [5.41, 5.74) is 12.2. The zero-order valence-corrected chi connectivity index (χ0v) is 77.8. The van der Waals surface area contributed by atoms with Crippen LogP contribution in [0.2, 0.25) is 0 Å². The smallest absolute Gasteiger partial charge is 0.225 e. The Bertz CT molecular complexity index is 3100. The molecule has 13 rings (SSSR count). The lowest BCUT2D eigenvalue weighted by Gasteiger charge is -2.33. The Hall–Kier alpha value is -5.04. The maximum atomic E-state index is 4.57. The van der Waals surface area contributed by atoms with Crippen LogP contribution < -0.4 is 25.3 Å². The molecule has 4 unspecified atom stereocenters. The van der Waals surface area contributed by atoms with Gasteiger partial charge in [-0.25, -0.2) is 19.9 Å². The van der Waals surface area contributed by atoms with Gasteiger partial charge in [0.2, 0.25) is 5.95 Å². The molecule has 638 valence electrons. The molecule has 2 saturated carbocycles. The molecule has 5 aliphatic carbocycles. The maximum absolute atomic E-state index is 4.57. The Balaban J connectivity index is 0.000000229. The molecule has 3 aromatic rings. The predicted molar refractivity (Wildman–Crippen MR) is 498 cm³/mol. The number of hydrogen-bond acceptors (Lipinski definition) is 9. The van der Waals surface area contributed by atoms with Gasteiger partial charge in [-0.2, -0.15) is 0 Å². The SMILES string of the molecule is CC(C)C#CC1CCCCC1.CC(C)C1=CC(C2CCCCC2)NCC1.CC(C)C1=CCCCC1.CC(C)C1=CCCCC1C.CC(C)C1=CCNC(C(C)C)C1.CC(C)c1ccc(N2CCCCC2)nc1.CC(C)c1cnc(N2CCCCC2)nc1.CC1CCC=C(C(C)C)C1.CC1CCN(c2ccc(C(C)C)cn2)CC1. The minimum Gasteiger partial charge on any atom is -0.357 e. The third-order valence-electron chi connectivity index (χ3n) is 25.6. The van der Waals surface area contributed by atoms with Crippen LogP contribution in [-0.2, 0) is 0 Å². The van der Waals surface area contributed by atoms with Crippen LogP contribution in [0.4, 0.5) is 17.6 Å². The lowest BCUT2D eigenvalue weighted by atomic mass is 9.81. The number of nitrogens with one attached hydrogen (secondary N) is 2. The average Bonchev–Trinajstić information content (AvgIpc) is 0.898. The fourth-order valence-electron chi connectivity index (χ4n) is 17.2. The van der Waals surface area contributed by atoms with E-state index in [-0.39, 0.29) is 0 Å². The lowest BCUT2D eigenvalue weighted by molar-refractivity contribution is 0.293. The van der Waals surface area contributed by atoms with Crippen molar-refractivity contribution in [3.63, 3.8) is 0 Å². The van der Waals surface area contributed by atoms with E-state index >= 15 is 0 Å². The molecule has 0 radical (unpaired) electrons. The minimum absolute atomic E-state index is 0.514. The van der Waals surface area contributed by atoms with E-state index in [0.717, 1.165) is 115 Å². The Kier molecular flexibility index (Phi) is 48.5. The normalized spacial score (nSPS) is 21.9. The van der Waals surface area contributed by atoms with Crippen molar-refractivity contribution >= 4 is 17.6 Å². The number of anilines is 3. The fraction of sp³-hybridized carbons (Fsp3) is 0.750. The van der Waals surface area contributed by atoms with Crippen LogP contribution in [0.25, 0.3) is 0 Å². The summed E-state index contributed by atoms with van der Waals surface area (Å²) >= 11 is 0. The Morgan fingerprint density at radius 3 is 1.32 bits per heavy atom. The van der Waals surface area contributed by atoms with Gasteiger partial charge in [-0.15, -0.1) is 5.92 Å². The molecule has 5 fully saturated rings. The second kappa shape index (κ2) is 55.6. The van der Waals surface area contributed by atoms with Gasteiger partial charge >= 0.3 is 0 Å². The molecule has 0 spiro atoms. The van der Waals surface area contributed by atoms with E-state index in [1.807, 2.05) is 24.8 Å². The highest BCUT2D eigenvalue weighted by molar-refractivity contribution is 5.41. The molecule has 113 heavy (non-hydrogen) atoms.